The maximum Gasteiger partial charge on any atom is 0.161 e. The van der Waals surface area contributed by atoms with Crippen molar-refractivity contribution in [3.05, 3.63) is 23.8 Å². The van der Waals surface area contributed by atoms with Crippen molar-refractivity contribution in [2.24, 2.45) is 0 Å². The Morgan fingerprint density at radius 3 is 2.56 bits per heavy atom. The highest BCUT2D eigenvalue weighted by molar-refractivity contribution is 5.76. The lowest BCUT2D eigenvalue weighted by Crippen LogP contribution is -2.00. The minimum Gasteiger partial charge on any atom is -0.493 e. The highest BCUT2D eigenvalue weighted by atomic mass is 16.5. The van der Waals surface area contributed by atoms with Crippen molar-refractivity contribution in [3.8, 4) is 11.5 Å². The van der Waals surface area contributed by atoms with E-state index >= 15 is 0 Å². The van der Waals surface area contributed by atoms with E-state index in [1.807, 2.05) is 0 Å². The average molecular weight is 250 g/mol. The molecule has 0 bridgehead atoms. The lowest BCUT2D eigenvalue weighted by atomic mass is 10.2. The van der Waals surface area contributed by atoms with Gasteiger partial charge in [-0.1, -0.05) is 32.6 Å². The molecule has 3 heteroatoms. The maximum absolute atomic E-state index is 10.7. The Kier molecular flexibility index (Phi) is 6.92. The second-order valence-electron chi connectivity index (χ2n) is 4.29. The van der Waals surface area contributed by atoms with Gasteiger partial charge in [-0.05, 0) is 24.6 Å². The van der Waals surface area contributed by atoms with Crippen molar-refractivity contribution in [2.45, 2.75) is 39.0 Å². The summed E-state index contributed by atoms with van der Waals surface area (Å²) in [6.07, 6.45) is 6.86. The Bertz CT molecular complexity index is 361. The zero-order valence-electron chi connectivity index (χ0n) is 11.3. The Labute approximate surface area is 109 Å². The Morgan fingerprint density at radius 1 is 1.11 bits per heavy atom. The molecule has 0 fully saturated rings. The lowest BCUT2D eigenvalue weighted by Gasteiger charge is -2.10. The Hall–Kier alpha value is -1.51. The molecule has 0 aliphatic rings. The summed E-state index contributed by atoms with van der Waals surface area (Å²) < 4.78 is 10.9. The molecule has 0 aliphatic carbocycles. The first kappa shape index (κ1) is 14.6. The van der Waals surface area contributed by atoms with E-state index in [0.717, 1.165) is 12.7 Å². The van der Waals surface area contributed by atoms with Crippen LogP contribution in [0.1, 0.15) is 49.4 Å². The van der Waals surface area contributed by atoms with Crippen molar-refractivity contribution >= 4 is 6.29 Å². The summed E-state index contributed by atoms with van der Waals surface area (Å²) in [5.74, 6) is 1.33. The minimum atomic E-state index is 0.599. The summed E-state index contributed by atoms with van der Waals surface area (Å²) in [4.78, 5) is 10.7. The molecular weight excluding hydrogens is 228 g/mol. The average Bonchev–Trinajstić information content (AvgIpc) is 2.42. The summed E-state index contributed by atoms with van der Waals surface area (Å²) >= 11 is 0. The minimum absolute atomic E-state index is 0.599. The van der Waals surface area contributed by atoms with Gasteiger partial charge in [-0.15, -0.1) is 0 Å². The van der Waals surface area contributed by atoms with Crippen LogP contribution >= 0.6 is 0 Å². The summed E-state index contributed by atoms with van der Waals surface area (Å²) in [6, 6.07) is 5.22. The van der Waals surface area contributed by atoms with Gasteiger partial charge in [-0.3, -0.25) is 4.79 Å². The van der Waals surface area contributed by atoms with Crippen LogP contribution in [0.3, 0.4) is 0 Å². The van der Waals surface area contributed by atoms with E-state index < -0.39 is 0 Å². The molecule has 18 heavy (non-hydrogen) atoms. The lowest BCUT2D eigenvalue weighted by molar-refractivity contribution is 0.112. The van der Waals surface area contributed by atoms with Crippen LogP contribution in [0.25, 0.3) is 0 Å². The number of hydrogen-bond acceptors (Lipinski definition) is 3. The molecule has 0 aliphatic heterocycles. The first-order valence-electron chi connectivity index (χ1n) is 6.57. The summed E-state index contributed by atoms with van der Waals surface area (Å²) in [7, 11) is 1.58. The summed E-state index contributed by atoms with van der Waals surface area (Å²) in [5.41, 5.74) is 0.599. The van der Waals surface area contributed by atoms with Gasteiger partial charge in [0.2, 0.25) is 0 Å². The van der Waals surface area contributed by atoms with E-state index in [9.17, 15) is 4.79 Å². The number of carbonyl (C=O) groups excluding carboxylic acids is 1. The van der Waals surface area contributed by atoms with Crippen molar-refractivity contribution in [1.29, 1.82) is 0 Å². The zero-order chi connectivity index (χ0) is 13.2. The van der Waals surface area contributed by atoms with Gasteiger partial charge in [-0.25, -0.2) is 0 Å². The number of rotatable bonds is 9. The number of benzene rings is 1. The van der Waals surface area contributed by atoms with Crippen LogP contribution in [0.4, 0.5) is 0 Å². The number of carbonyl (C=O) groups is 1. The van der Waals surface area contributed by atoms with Gasteiger partial charge in [0.25, 0.3) is 0 Å². The van der Waals surface area contributed by atoms with Gasteiger partial charge in [0.05, 0.1) is 13.7 Å². The van der Waals surface area contributed by atoms with E-state index in [0.29, 0.717) is 23.7 Å². The van der Waals surface area contributed by atoms with Crippen LogP contribution in [0.2, 0.25) is 0 Å². The second kappa shape index (κ2) is 8.56. The first-order chi connectivity index (χ1) is 8.81. The Morgan fingerprint density at radius 2 is 1.89 bits per heavy atom. The molecule has 0 saturated carbocycles. The fourth-order valence-electron chi connectivity index (χ4n) is 1.76. The molecule has 0 spiro atoms. The molecule has 1 rings (SSSR count). The van der Waals surface area contributed by atoms with Gasteiger partial charge in [0.1, 0.15) is 6.29 Å². The van der Waals surface area contributed by atoms with Crippen LogP contribution in [0, 0.1) is 0 Å². The van der Waals surface area contributed by atoms with Crippen LogP contribution in [0.5, 0.6) is 11.5 Å². The molecule has 0 atom stereocenters. The van der Waals surface area contributed by atoms with Crippen molar-refractivity contribution in [3.63, 3.8) is 0 Å². The van der Waals surface area contributed by atoms with E-state index in [2.05, 4.69) is 6.92 Å². The van der Waals surface area contributed by atoms with Gasteiger partial charge >= 0.3 is 0 Å². The summed E-state index contributed by atoms with van der Waals surface area (Å²) in [5, 5.41) is 0. The smallest absolute Gasteiger partial charge is 0.161 e. The summed E-state index contributed by atoms with van der Waals surface area (Å²) in [6.45, 7) is 2.90. The number of methoxy groups -OCH3 is 1. The first-order valence-corrected chi connectivity index (χ1v) is 6.57. The topological polar surface area (TPSA) is 35.5 Å². The number of ether oxygens (including phenoxy) is 2. The third kappa shape index (κ3) is 4.78. The Balaban J connectivity index is 2.39. The molecule has 0 unspecified atom stereocenters. The monoisotopic (exact) mass is 250 g/mol. The molecule has 100 valence electrons. The van der Waals surface area contributed by atoms with Crippen LogP contribution in [-0.2, 0) is 0 Å². The molecule has 3 nitrogen and oxygen atoms in total. The van der Waals surface area contributed by atoms with Crippen molar-refractivity contribution in [2.75, 3.05) is 13.7 Å². The van der Waals surface area contributed by atoms with Gasteiger partial charge < -0.3 is 9.47 Å². The molecule has 1 aromatic rings. The third-order valence-electron chi connectivity index (χ3n) is 2.83. The number of aldehydes is 1. The van der Waals surface area contributed by atoms with Crippen LogP contribution < -0.4 is 9.47 Å². The molecule has 0 heterocycles. The van der Waals surface area contributed by atoms with Crippen molar-refractivity contribution < 1.29 is 14.3 Å². The highest BCUT2D eigenvalue weighted by Crippen LogP contribution is 2.27. The zero-order valence-corrected chi connectivity index (χ0v) is 11.3. The maximum atomic E-state index is 10.7. The molecule has 0 aromatic heterocycles. The molecular formula is C15H22O3. The molecule has 1 aromatic carbocycles. The fourth-order valence-corrected chi connectivity index (χ4v) is 1.76. The van der Waals surface area contributed by atoms with Crippen molar-refractivity contribution in [1.82, 2.24) is 0 Å². The third-order valence-corrected chi connectivity index (χ3v) is 2.83. The largest absolute Gasteiger partial charge is 0.493 e. The molecule has 0 radical (unpaired) electrons. The van der Waals surface area contributed by atoms with Gasteiger partial charge in [0.15, 0.2) is 11.5 Å². The number of unbranched alkanes of at least 4 members (excludes halogenated alkanes) is 4. The second-order valence-corrected chi connectivity index (χ2v) is 4.29. The van der Waals surface area contributed by atoms with Crippen LogP contribution in [-0.4, -0.2) is 20.0 Å². The molecule has 0 amide bonds. The van der Waals surface area contributed by atoms with Crippen LogP contribution in [0.15, 0.2) is 18.2 Å². The highest BCUT2D eigenvalue weighted by Gasteiger charge is 2.05. The van der Waals surface area contributed by atoms with E-state index in [1.165, 1.54) is 25.7 Å². The fraction of sp³-hybridized carbons (Fsp3) is 0.533. The predicted octanol–water partition coefficient (Wildman–Crippen LogP) is 3.86. The van der Waals surface area contributed by atoms with E-state index in [-0.39, 0.29) is 0 Å². The standard InChI is InChI=1S/C15H22O3/c1-3-4-5-6-7-10-18-14-9-8-13(12-16)11-15(14)17-2/h8-9,11-12H,3-7,10H2,1-2H3. The predicted molar refractivity (Wildman–Crippen MR) is 72.6 cm³/mol. The normalized spacial score (nSPS) is 10.1. The van der Waals surface area contributed by atoms with Gasteiger partial charge in [0, 0.05) is 5.56 Å². The molecule has 0 N–H and O–H groups in total. The SMILES string of the molecule is CCCCCCCOc1ccc(C=O)cc1OC. The number of hydrogen-bond donors (Lipinski definition) is 0. The van der Waals surface area contributed by atoms with E-state index in [1.54, 1.807) is 25.3 Å². The van der Waals surface area contributed by atoms with E-state index in [4.69, 9.17) is 9.47 Å². The van der Waals surface area contributed by atoms with Gasteiger partial charge in [-0.2, -0.15) is 0 Å². The molecule has 0 saturated heterocycles. The quantitative estimate of drug-likeness (QED) is 0.493.